The number of hydrogen-bond donors (Lipinski definition) is 1. The fourth-order valence-corrected chi connectivity index (χ4v) is 3.68. The molecule has 1 saturated heterocycles. The molecule has 31 heavy (non-hydrogen) atoms. The highest BCUT2D eigenvalue weighted by Crippen LogP contribution is 2.34. The Morgan fingerprint density at radius 3 is 2.52 bits per heavy atom. The standard InChI is InChI=1S/C22H26F3N3O2S/c1-29-20-9-5-2-6-17(20)16-28(11-10-27-12-14-30-15-13-27)21(31)26-19-8-4-3-7-18(19)22(23,24)25/h2-9H,10-16H2,1H3,(H,26,31). The molecule has 168 valence electrons. The number of alkyl halides is 3. The van der Waals surface area contributed by atoms with E-state index < -0.39 is 11.7 Å². The number of ether oxygens (including phenoxy) is 2. The predicted octanol–water partition coefficient (Wildman–Crippen LogP) is 4.25. The Morgan fingerprint density at radius 1 is 1.13 bits per heavy atom. The lowest BCUT2D eigenvalue weighted by Gasteiger charge is -2.32. The van der Waals surface area contributed by atoms with Crippen molar-refractivity contribution in [3.8, 4) is 5.75 Å². The number of benzene rings is 2. The third-order valence-corrected chi connectivity index (χ3v) is 5.47. The molecule has 1 aliphatic rings. The fourth-order valence-electron chi connectivity index (χ4n) is 3.41. The summed E-state index contributed by atoms with van der Waals surface area (Å²) < 4.78 is 51.0. The van der Waals surface area contributed by atoms with Crippen molar-refractivity contribution >= 4 is 23.0 Å². The molecule has 0 bridgehead atoms. The highest BCUT2D eigenvalue weighted by atomic mass is 32.1. The number of halogens is 3. The molecule has 1 heterocycles. The minimum atomic E-state index is -4.47. The second kappa shape index (κ2) is 10.8. The molecular weight excluding hydrogens is 427 g/mol. The van der Waals surface area contributed by atoms with E-state index in [4.69, 9.17) is 21.7 Å². The predicted molar refractivity (Wildman–Crippen MR) is 118 cm³/mol. The molecule has 0 atom stereocenters. The third kappa shape index (κ3) is 6.56. The smallest absolute Gasteiger partial charge is 0.418 e. The first kappa shape index (κ1) is 23.3. The van der Waals surface area contributed by atoms with Crippen LogP contribution in [0.3, 0.4) is 0 Å². The molecule has 1 aliphatic heterocycles. The number of morpholine rings is 1. The lowest BCUT2D eigenvalue weighted by molar-refractivity contribution is -0.136. The van der Waals surface area contributed by atoms with Crippen LogP contribution in [0.1, 0.15) is 11.1 Å². The van der Waals surface area contributed by atoms with Crippen LogP contribution in [0.25, 0.3) is 0 Å². The maximum absolute atomic E-state index is 13.4. The van der Waals surface area contributed by atoms with Crippen molar-refractivity contribution in [3.63, 3.8) is 0 Å². The molecule has 5 nitrogen and oxygen atoms in total. The lowest BCUT2D eigenvalue weighted by Crippen LogP contribution is -2.44. The summed E-state index contributed by atoms with van der Waals surface area (Å²) >= 11 is 5.55. The lowest BCUT2D eigenvalue weighted by atomic mass is 10.1. The topological polar surface area (TPSA) is 37.0 Å². The zero-order valence-electron chi connectivity index (χ0n) is 17.3. The molecule has 1 fully saturated rings. The van der Waals surface area contributed by atoms with Crippen LogP contribution in [0, 0.1) is 0 Å². The van der Waals surface area contributed by atoms with Crippen LogP contribution >= 0.6 is 12.2 Å². The number of thiocarbonyl (C=S) groups is 1. The van der Waals surface area contributed by atoms with Gasteiger partial charge in [0.2, 0.25) is 0 Å². The van der Waals surface area contributed by atoms with Gasteiger partial charge in [-0.15, -0.1) is 0 Å². The van der Waals surface area contributed by atoms with Crippen LogP contribution in [0.4, 0.5) is 18.9 Å². The van der Waals surface area contributed by atoms with Crippen molar-refractivity contribution in [1.29, 1.82) is 0 Å². The number of nitrogens with one attached hydrogen (secondary N) is 1. The van der Waals surface area contributed by atoms with E-state index in [0.717, 1.165) is 31.3 Å². The van der Waals surface area contributed by atoms with Gasteiger partial charge in [0.05, 0.1) is 31.6 Å². The number of rotatable bonds is 7. The van der Waals surface area contributed by atoms with E-state index in [0.29, 0.717) is 32.1 Å². The van der Waals surface area contributed by atoms with Gasteiger partial charge >= 0.3 is 6.18 Å². The minimum Gasteiger partial charge on any atom is -0.496 e. The van der Waals surface area contributed by atoms with Crippen LogP contribution in [-0.2, 0) is 17.5 Å². The number of anilines is 1. The van der Waals surface area contributed by atoms with Gasteiger partial charge in [-0.1, -0.05) is 30.3 Å². The van der Waals surface area contributed by atoms with Crippen LogP contribution in [-0.4, -0.2) is 61.4 Å². The van der Waals surface area contributed by atoms with Gasteiger partial charge in [0.25, 0.3) is 0 Å². The average molecular weight is 454 g/mol. The quantitative estimate of drug-likeness (QED) is 0.632. The summed E-state index contributed by atoms with van der Waals surface area (Å²) in [5.74, 6) is 0.706. The van der Waals surface area contributed by atoms with E-state index in [1.807, 2.05) is 29.2 Å². The van der Waals surface area contributed by atoms with Crippen molar-refractivity contribution in [2.75, 3.05) is 51.8 Å². The number of nitrogens with zero attached hydrogens (tertiary/aromatic N) is 2. The van der Waals surface area contributed by atoms with Crippen LogP contribution < -0.4 is 10.1 Å². The molecule has 2 aromatic rings. The summed E-state index contributed by atoms with van der Waals surface area (Å²) in [5.41, 5.74) is 0.0967. The largest absolute Gasteiger partial charge is 0.496 e. The van der Waals surface area contributed by atoms with Gasteiger partial charge in [0.15, 0.2) is 5.11 Å². The second-order valence-corrected chi connectivity index (χ2v) is 7.55. The van der Waals surface area contributed by atoms with Crippen molar-refractivity contribution < 1.29 is 22.6 Å². The molecule has 0 unspecified atom stereocenters. The minimum absolute atomic E-state index is 0.0589. The Bertz CT molecular complexity index is 873. The Hall–Kier alpha value is -2.36. The molecule has 0 aromatic heterocycles. The Kier molecular flexibility index (Phi) is 8.11. The Balaban J connectivity index is 1.78. The van der Waals surface area contributed by atoms with Crippen LogP contribution in [0.5, 0.6) is 5.75 Å². The van der Waals surface area contributed by atoms with E-state index in [2.05, 4.69) is 10.2 Å². The number of methoxy groups -OCH3 is 1. The van der Waals surface area contributed by atoms with Crippen molar-refractivity contribution in [1.82, 2.24) is 9.80 Å². The normalized spacial score (nSPS) is 14.8. The van der Waals surface area contributed by atoms with Gasteiger partial charge in [-0.05, 0) is 30.4 Å². The second-order valence-electron chi connectivity index (χ2n) is 7.16. The number of hydrogen-bond acceptors (Lipinski definition) is 4. The summed E-state index contributed by atoms with van der Waals surface area (Å²) in [4.78, 5) is 4.13. The van der Waals surface area contributed by atoms with Crippen LogP contribution in [0.2, 0.25) is 0 Å². The average Bonchev–Trinajstić information content (AvgIpc) is 2.77. The maximum atomic E-state index is 13.4. The molecule has 0 amide bonds. The van der Waals surface area contributed by atoms with Gasteiger partial charge in [-0.2, -0.15) is 13.2 Å². The highest BCUT2D eigenvalue weighted by Gasteiger charge is 2.33. The van der Waals surface area contributed by atoms with Crippen molar-refractivity contribution in [2.24, 2.45) is 0 Å². The number of para-hydroxylation sites is 2. The highest BCUT2D eigenvalue weighted by molar-refractivity contribution is 7.80. The Morgan fingerprint density at radius 2 is 1.81 bits per heavy atom. The molecule has 9 heteroatoms. The van der Waals surface area contributed by atoms with E-state index in [-0.39, 0.29) is 10.8 Å². The first-order valence-electron chi connectivity index (χ1n) is 10.0. The van der Waals surface area contributed by atoms with Gasteiger partial charge in [0.1, 0.15) is 5.75 Å². The summed E-state index contributed by atoms with van der Waals surface area (Å²) in [6, 6.07) is 12.9. The summed E-state index contributed by atoms with van der Waals surface area (Å²) in [6.45, 7) is 4.68. The molecule has 0 aliphatic carbocycles. The first-order valence-corrected chi connectivity index (χ1v) is 10.4. The van der Waals surface area contributed by atoms with Gasteiger partial charge in [0, 0.05) is 38.3 Å². The summed E-state index contributed by atoms with van der Waals surface area (Å²) in [7, 11) is 1.59. The summed E-state index contributed by atoms with van der Waals surface area (Å²) in [5, 5.41) is 3.05. The zero-order valence-corrected chi connectivity index (χ0v) is 18.1. The molecule has 3 rings (SSSR count). The molecule has 2 aromatic carbocycles. The van der Waals surface area contributed by atoms with E-state index >= 15 is 0 Å². The van der Waals surface area contributed by atoms with E-state index in [1.165, 1.54) is 12.1 Å². The zero-order chi connectivity index (χ0) is 22.3. The van der Waals surface area contributed by atoms with Crippen LogP contribution in [0.15, 0.2) is 48.5 Å². The maximum Gasteiger partial charge on any atom is 0.418 e. The van der Waals surface area contributed by atoms with Gasteiger partial charge < -0.3 is 19.7 Å². The summed E-state index contributed by atoms with van der Waals surface area (Å²) in [6.07, 6.45) is -4.47. The SMILES string of the molecule is COc1ccccc1CN(CCN1CCOCC1)C(=S)Nc1ccccc1C(F)(F)F. The molecular formula is C22H26F3N3O2S. The van der Waals surface area contributed by atoms with Gasteiger partial charge in [-0.3, -0.25) is 4.90 Å². The van der Waals surface area contributed by atoms with Crippen molar-refractivity contribution in [3.05, 3.63) is 59.7 Å². The van der Waals surface area contributed by atoms with Crippen molar-refractivity contribution in [2.45, 2.75) is 12.7 Å². The Labute approximate surface area is 185 Å². The third-order valence-electron chi connectivity index (χ3n) is 5.10. The van der Waals surface area contributed by atoms with E-state index in [9.17, 15) is 13.2 Å². The monoisotopic (exact) mass is 453 g/mol. The van der Waals surface area contributed by atoms with Gasteiger partial charge in [-0.25, -0.2) is 0 Å². The molecule has 0 saturated carbocycles. The fraction of sp³-hybridized carbons (Fsp3) is 0.409. The molecule has 0 radical (unpaired) electrons. The molecule has 0 spiro atoms. The molecule has 1 N–H and O–H groups in total. The first-order chi connectivity index (χ1) is 14.9. The van der Waals surface area contributed by atoms with E-state index in [1.54, 1.807) is 13.2 Å².